The number of hydrogen-bond donors (Lipinski definition) is 0. The van der Waals surface area contributed by atoms with Crippen LogP contribution in [0.15, 0.2) is 24.3 Å². The van der Waals surface area contributed by atoms with Crippen LogP contribution in [-0.4, -0.2) is 46.8 Å². The number of nitrogens with zero attached hydrogens (tertiary/aromatic N) is 4. The number of hydrogen-bond acceptors (Lipinski definition) is 3. The lowest BCUT2D eigenvalue weighted by Crippen LogP contribution is -2.49. The first-order chi connectivity index (χ1) is 13.4. The van der Waals surface area contributed by atoms with Crippen molar-refractivity contribution in [2.24, 2.45) is 7.05 Å². The van der Waals surface area contributed by atoms with E-state index in [1.54, 1.807) is 24.3 Å². The molecule has 5 nitrogen and oxygen atoms in total. The predicted molar refractivity (Wildman–Crippen MR) is 92.8 cm³/mol. The fraction of sp³-hybridized carbons (Fsp3) is 0.412. The van der Waals surface area contributed by atoms with E-state index in [1.165, 1.54) is 0 Å². The first-order valence-electron chi connectivity index (χ1n) is 8.40. The van der Waals surface area contributed by atoms with Crippen LogP contribution in [-0.2, 0) is 19.4 Å². The molecule has 1 aromatic carbocycles. The molecule has 0 radical (unpaired) electrons. The number of rotatable bonds is 2. The molecule has 0 spiro atoms. The normalized spacial score (nSPS) is 15.7. The molecule has 12 heteroatoms. The van der Waals surface area contributed by atoms with Gasteiger partial charge in [0, 0.05) is 43.9 Å². The Balaban J connectivity index is 1.88. The second-order valence-electron chi connectivity index (χ2n) is 6.45. The van der Waals surface area contributed by atoms with Crippen molar-refractivity contribution >= 4 is 23.2 Å². The lowest BCUT2D eigenvalue weighted by Gasteiger charge is -2.36. The van der Waals surface area contributed by atoms with Gasteiger partial charge in [0.2, 0.25) is 0 Å². The van der Waals surface area contributed by atoms with Crippen molar-refractivity contribution in [3.63, 3.8) is 0 Å². The van der Waals surface area contributed by atoms with Crippen molar-refractivity contribution < 1.29 is 31.1 Å². The molecule has 0 N–H and O–H groups in total. The van der Waals surface area contributed by atoms with Gasteiger partial charge in [-0.05, 0) is 18.2 Å². The van der Waals surface area contributed by atoms with E-state index in [4.69, 9.17) is 11.6 Å². The molecule has 1 aliphatic heterocycles. The molecule has 2 heterocycles. The Morgan fingerprint density at radius 2 is 1.66 bits per heavy atom. The molecule has 1 aromatic heterocycles. The summed E-state index contributed by atoms with van der Waals surface area (Å²) >= 11 is 5.93. The zero-order chi connectivity index (χ0) is 21.6. The highest BCUT2D eigenvalue weighted by atomic mass is 35.5. The number of carbonyl (C=O) groups excluding carboxylic acids is 1. The first-order valence-corrected chi connectivity index (χ1v) is 8.78. The quantitative estimate of drug-likeness (QED) is 0.661. The molecule has 0 unspecified atom stereocenters. The largest absolute Gasteiger partial charge is 0.435 e. The molecule has 3 rings (SSSR count). The molecule has 29 heavy (non-hydrogen) atoms. The van der Waals surface area contributed by atoms with E-state index in [0.29, 0.717) is 5.02 Å². The first kappa shape index (κ1) is 21.3. The standard InChI is InChI=1S/C17H15ClF6N4O/c1-26-14(17(22,23)24)12(13(25-26)16(19,20)21)15(29)28-7-5-27(6-8-28)11-4-2-3-10(18)9-11/h2-4,9H,5-8H2,1H3. The summed E-state index contributed by atoms with van der Waals surface area (Å²) in [5.74, 6) is -1.34. The van der Waals surface area contributed by atoms with Crippen molar-refractivity contribution in [3.8, 4) is 0 Å². The van der Waals surface area contributed by atoms with E-state index in [1.807, 2.05) is 4.90 Å². The average Bonchev–Trinajstić information content (AvgIpc) is 2.99. The van der Waals surface area contributed by atoms with Crippen LogP contribution in [0.3, 0.4) is 0 Å². The highest BCUT2D eigenvalue weighted by Crippen LogP contribution is 2.39. The molecule has 1 saturated heterocycles. The number of amides is 1. The summed E-state index contributed by atoms with van der Waals surface area (Å²) in [6, 6.07) is 6.85. The van der Waals surface area contributed by atoms with Crippen LogP contribution in [0, 0.1) is 0 Å². The van der Waals surface area contributed by atoms with Gasteiger partial charge in [-0.1, -0.05) is 17.7 Å². The summed E-state index contributed by atoms with van der Waals surface area (Å²) in [6.07, 6.45) is -10.4. The molecular formula is C17H15ClF6N4O. The third-order valence-electron chi connectivity index (χ3n) is 4.54. The van der Waals surface area contributed by atoms with Crippen LogP contribution >= 0.6 is 11.6 Å². The number of benzene rings is 1. The summed E-state index contributed by atoms with van der Waals surface area (Å²) in [7, 11) is 0.728. The number of aromatic nitrogens is 2. The lowest BCUT2D eigenvalue weighted by molar-refractivity contribution is -0.144. The zero-order valence-electron chi connectivity index (χ0n) is 15.0. The molecule has 158 valence electrons. The molecule has 1 fully saturated rings. The van der Waals surface area contributed by atoms with Crippen molar-refractivity contribution in [2.45, 2.75) is 12.4 Å². The monoisotopic (exact) mass is 440 g/mol. The zero-order valence-corrected chi connectivity index (χ0v) is 15.7. The number of carbonyl (C=O) groups is 1. The maximum atomic E-state index is 13.3. The predicted octanol–water partition coefficient (Wildman–Crippen LogP) is 4.07. The van der Waals surface area contributed by atoms with E-state index < -0.39 is 35.2 Å². The van der Waals surface area contributed by atoms with Gasteiger partial charge < -0.3 is 9.80 Å². The molecular weight excluding hydrogens is 426 g/mol. The molecule has 2 aromatic rings. The number of piperazine rings is 1. The minimum absolute atomic E-state index is 0.0468. The number of halogens is 7. The highest BCUT2D eigenvalue weighted by Gasteiger charge is 2.49. The van der Waals surface area contributed by atoms with Crippen LogP contribution < -0.4 is 4.90 Å². The minimum Gasteiger partial charge on any atom is -0.368 e. The van der Waals surface area contributed by atoms with Gasteiger partial charge in [0.1, 0.15) is 5.56 Å². The topological polar surface area (TPSA) is 41.4 Å². The summed E-state index contributed by atoms with van der Waals surface area (Å²) in [4.78, 5) is 15.5. The fourth-order valence-corrected chi connectivity index (χ4v) is 3.43. The average molecular weight is 441 g/mol. The molecule has 0 aliphatic carbocycles. The summed E-state index contributed by atoms with van der Waals surface area (Å²) in [5, 5.41) is 3.42. The summed E-state index contributed by atoms with van der Waals surface area (Å²) < 4.78 is 79.8. The maximum Gasteiger partial charge on any atom is 0.435 e. The molecule has 0 bridgehead atoms. The van der Waals surface area contributed by atoms with Crippen LogP contribution in [0.2, 0.25) is 5.02 Å². The minimum atomic E-state index is -5.20. The SMILES string of the molecule is Cn1nc(C(F)(F)F)c(C(=O)N2CCN(c3cccc(Cl)c3)CC2)c1C(F)(F)F. The van der Waals surface area contributed by atoms with E-state index in [-0.39, 0.29) is 30.9 Å². The van der Waals surface area contributed by atoms with Crippen molar-refractivity contribution in [2.75, 3.05) is 31.1 Å². The Kier molecular flexibility index (Phi) is 5.46. The number of alkyl halides is 6. The van der Waals surface area contributed by atoms with Crippen LogP contribution in [0.4, 0.5) is 32.0 Å². The van der Waals surface area contributed by atoms with Crippen LogP contribution in [0.1, 0.15) is 21.7 Å². The Morgan fingerprint density at radius 1 is 1.03 bits per heavy atom. The number of aryl methyl sites for hydroxylation is 1. The number of anilines is 1. The van der Waals surface area contributed by atoms with Gasteiger partial charge in [0.15, 0.2) is 11.4 Å². The second-order valence-corrected chi connectivity index (χ2v) is 6.89. The van der Waals surface area contributed by atoms with Gasteiger partial charge in [-0.3, -0.25) is 9.48 Å². The van der Waals surface area contributed by atoms with Gasteiger partial charge in [-0.2, -0.15) is 31.4 Å². The van der Waals surface area contributed by atoms with Gasteiger partial charge >= 0.3 is 12.4 Å². The van der Waals surface area contributed by atoms with Crippen LogP contribution in [0.5, 0.6) is 0 Å². The fourth-order valence-electron chi connectivity index (χ4n) is 3.25. The van der Waals surface area contributed by atoms with Crippen LogP contribution in [0.25, 0.3) is 0 Å². The van der Waals surface area contributed by atoms with Gasteiger partial charge in [-0.15, -0.1) is 0 Å². The Hall–Kier alpha value is -2.43. The lowest BCUT2D eigenvalue weighted by atomic mass is 10.1. The third-order valence-corrected chi connectivity index (χ3v) is 4.77. The summed E-state index contributed by atoms with van der Waals surface area (Å²) in [6.45, 7) is 0.369. The maximum absolute atomic E-state index is 13.3. The Bertz CT molecular complexity index is 916. The van der Waals surface area contributed by atoms with Crippen molar-refractivity contribution in [3.05, 3.63) is 46.2 Å². The van der Waals surface area contributed by atoms with Gasteiger partial charge in [0.25, 0.3) is 5.91 Å². The summed E-state index contributed by atoms with van der Waals surface area (Å²) in [5.41, 5.74) is -4.27. The van der Waals surface area contributed by atoms with E-state index in [0.717, 1.165) is 17.6 Å². The van der Waals surface area contributed by atoms with Crippen molar-refractivity contribution in [1.29, 1.82) is 0 Å². The molecule has 0 atom stereocenters. The Morgan fingerprint density at radius 3 is 2.17 bits per heavy atom. The van der Waals surface area contributed by atoms with Gasteiger partial charge in [0.05, 0.1) is 0 Å². The Labute approximate surface area is 166 Å². The molecule has 1 aliphatic rings. The smallest absolute Gasteiger partial charge is 0.368 e. The third kappa shape index (κ3) is 4.29. The van der Waals surface area contributed by atoms with E-state index in [9.17, 15) is 31.1 Å². The van der Waals surface area contributed by atoms with Gasteiger partial charge in [-0.25, -0.2) is 0 Å². The van der Waals surface area contributed by atoms with E-state index >= 15 is 0 Å². The van der Waals surface area contributed by atoms with E-state index in [2.05, 4.69) is 5.10 Å². The molecule has 1 amide bonds. The van der Waals surface area contributed by atoms with Crippen molar-refractivity contribution in [1.82, 2.24) is 14.7 Å². The molecule has 0 saturated carbocycles. The second kappa shape index (κ2) is 7.43. The highest BCUT2D eigenvalue weighted by molar-refractivity contribution is 6.30.